The van der Waals surface area contributed by atoms with E-state index in [1.807, 2.05) is 24.3 Å². The zero-order chi connectivity index (χ0) is 22.8. The molecule has 6 heteroatoms. The number of hydrogen-bond donors (Lipinski definition) is 2. The van der Waals surface area contributed by atoms with Crippen molar-refractivity contribution in [3.63, 3.8) is 0 Å². The molecule has 0 radical (unpaired) electrons. The summed E-state index contributed by atoms with van der Waals surface area (Å²) in [6, 6.07) is 14.5. The Bertz CT molecular complexity index is 1010. The van der Waals surface area contributed by atoms with Gasteiger partial charge in [-0.05, 0) is 59.9 Å². The number of hydrogen-bond acceptors (Lipinski definition) is 3. The molecule has 0 saturated carbocycles. The first-order valence-electron chi connectivity index (χ1n) is 11.4. The quantitative estimate of drug-likeness (QED) is 0.735. The van der Waals surface area contributed by atoms with E-state index in [9.17, 15) is 14.4 Å². The van der Waals surface area contributed by atoms with Crippen LogP contribution in [0, 0.1) is 11.8 Å². The van der Waals surface area contributed by atoms with Gasteiger partial charge in [0.1, 0.15) is 12.1 Å². The van der Waals surface area contributed by atoms with Crippen molar-refractivity contribution in [2.75, 3.05) is 7.05 Å². The number of fused-ring (bicyclic) bond motifs is 1. The zero-order valence-electron chi connectivity index (χ0n) is 18.9. The van der Waals surface area contributed by atoms with Crippen LogP contribution in [0.4, 0.5) is 0 Å². The van der Waals surface area contributed by atoms with E-state index in [4.69, 9.17) is 0 Å². The molecule has 3 amide bonds. The van der Waals surface area contributed by atoms with Crippen LogP contribution in [0.1, 0.15) is 47.3 Å². The van der Waals surface area contributed by atoms with Gasteiger partial charge in [-0.15, -0.1) is 0 Å². The highest BCUT2D eigenvalue weighted by atomic mass is 16.2. The standard InChI is InChI=1S/C26H31N3O3/c1-16(2)11-22-25(31)28-23(21-13-18-8-4-5-9-19(18)14-21)26(32)29(22)15-17-7-6-10-20(12-17)24(30)27-3/h4-10,12,16,21-23H,11,13-15H2,1-3H3,(H,27,30)(H,28,31)/t22-,23-/m1/s1. The van der Waals surface area contributed by atoms with Crippen LogP contribution in [0.15, 0.2) is 48.5 Å². The molecule has 1 aliphatic carbocycles. The maximum absolute atomic E-state index is 13.7. The molecule has 6 nitrogen and oxygen atoms in total. The average Bonchev–Trinajstić information content (AvgIpc) is 3.21. The zero-order valence-corrected chi connectivity index (χ0v) is 18.9. The molecule has 2 aromatic rings. The van der Waals surface area contributed by atoms with Crippen LogP contribution in [0.25, 0.3) is 0 Å². The summed E-state index contributed by atoms with van der Waals surface area (Å²) >= 11 is 0. The first-order chi connectivity index (χ1) is 15.4. The molecule has 2 aliphatic rings. The number of rotatable bonds is 6. The smallest absolute Gasteiger partial charge is 0.251 e. The van der Waals surface area contributed by atoms with Crippen molar-refractivity contribution < 1.29 is 14.4 Å². The monoisotopic (exact) mass is 433 g/mol. The van der Waals surface area contributed by atoms with Crippen LogP contribution in [0.5, 0.6) is 0 Å². The Balaban J connectivity index is 1.60. The molecule has 2 atom stereocenters. The van der Waals surface area contributed by atoms with Gasteiger partial charge >= 0.3 is 0 Å². The molecule has 0 spiro atoms. The second kappa shape index (κ2) is 9.15. The predicted octanol–water partition coefficient (Wildman–Crippen LogP) is 2.70. The summed E-state index contributed by atoms with van der Waals surface area (Å²) in [6.45, 7) is 4.42. The fourth-order valence-electron chi connectivity index (χ4n) is 4.95. The second-order valence-electron chi connectivity index (χ2n) is 9.31. The largest absolute Gasteiger partial charge is 0.355 e. The molecule has 0 unspecified atom stereocenters. The van der Waals surface area contributed by atoms with E-state index in [1.54, 1.807) is 24.1 Å². The van der Waals surface area contributed by atoms with Crippen molar-refractivity contribution in [3.05, 3.63) is 70.8 Å². The highest BCUT2D eigenvalue weighted by molar-refractivity contribution is 5.97. The van der Waals surface area contributed by atoms with Crippen molar-refractivity contribution in [1.29, 1.82) is 0 Å². The van der Waals surface area contributed by atoms with Crippen LogP contribution in [0.3, 0.4) is 0 Å². The van der Waals surface area contributed by atoms with Crippen molar-refractivity contribution in [1.82, 2.24) is 15.5 Å². The van der Waals surface area contributed by atoms with Gasteiger partial charge in [-0.1, -0.05) is 50.2 Å². The number of nitrogens with zero attached hydrogens (tertiary/aromatic N) is 1. The van der Waals surface area contributed by atoms with Crippen molar-refractivity contribution in [2.45, 2.75) is 51.7 Å². The van der Waals surface area contributed by atoms with Gasteiger partial charge in [0.2, 0.25) is 11.8 Å². The normalized spacial score (nSPS) is 20.9. The Labute approximate surface area is 189 Å². The Hall–Kier alpha value is -3.15. The number of piperazine rings is 1. The molecule has 0 bridgehead atoms. The van der Waals surface area contributed by atoms with Gasteiger partial charge < -0.3 is 15.5 Å². The molecule has 1 aliphatic heterocycles. The fraction of sp³-hybridized carbons (Fsp3) is 0.423. The Morgan fingerprint density at radius 2 is 1.78 bits per heavy atom. The SMILES string of the molecule is CNC(=O)c1cccc(CN2C(=O)[C@@H](C3Cc4ccccc4C3)NC(=O)[C@H]2CC(C)C)c1. The predicted molar refractivity (Wildman–Crippen MR) is 123 cm³/mol. The summed E-state index contributed by atoms with van der Waals surface area (Å²) in [4.78, 5) is 40.7. The minimum absolute atomic E-state index is 0.0293. The van der Waals surface area contributed by atoms with Crippen molar-refractivity contribution in [2.24, 2.45) is 11.8 Å². The number of nitrogens with one attached hydrogen (secondary N) is 2. The van der Waals surface area contributed by atoms with Crippen LogP contribution in [-0.2, 0) is 29.0 Å². The molecule has 2 aromatic carbocycles. The summed E-state index contributed by atoms with van der Waals surface area (Å²) in [5, 5.41) is 5.69. The minimum Gasteiger partial charge on any atom is -0.355 e. The number of amides is 3. The molecular weight excluding hydrogens is 402 g/mol. The maximum Gasteiger partial charge on any atom is 0.251 e. The third kappa shape index (κ3) is 4.40. The molecule has 1 fully saturated rings. The van der Waals surface area contributed by atoms with Crippen LogP contribution < -0.4 is 10.6 Å². The summed E-state index contributed by atoms with van der Waals surface area (Å²) in [5.74, 6) is 0.0455. The molecular formula is C26H31N3O3. The average molecular weight is 434 g/mol. The van der Waals surface area contributed by atoms with Gasteiger partial charge in [-0.25, -0.2) is 0 Å². The summed E-state index contributed by atoms with van der Waals surface area (Å²) in [7, 11) is 1.59. The van der Waals surface area contributed by atoms with Crippen LogP contribution in [0.2, 0.25) is 0 Å². The van der Waals surface area contributed by atoms with Crippen LogP contribution in [-0.4, -0.2) is 41.8 Å². The van der Waals surface area contributed by atoms with Crippen molar-refractivity contribution in [3.8, 4) is 0 Å². The first-order valence-corrected chi connectivity index (χ1v) is 11.4. The summed E-state index contributed by atoms with van der Waals surface area (Å²) in [5.41, 5.74) is 3.90. The van der Waals surface area contributed by atoms with Gasteiger partial charge in [-0.3, -0.25) is 14.4 Å². The maximum atomic E-state index is 13.7. The van der Waals surface area contributed by atoms with E-state index in [1.165, 1.54) is 11.1 Å². The Morgan fingerprint density at radius 1 is 1.09 bits per heavy atom. The molecule has 2 N–H and O–H groups in total. The number of carbonyl (C=O) groups is 3. The van der Waals surface area contributed by atoms with E-state index >= 15 is 0 Å². The third-order valence-electron chi connectivity index (χ3n) is 6.54. The number of carbonyl (C=O) groups excluding carboxylic acids is 3. The molecule has 4 rings (SSSR count). The molecule has 168 valence electrons. The lowest BCUT2D eigenvalue weighted by molar-refractivity contribution is -0.152. The van der Waals surface area contributed by atoms with Gasteiger partial charge in [0, 0.05) is 19.2 Å². The fourth-order valence-corrected chi connectivity index (χ4v) is 4.95. The lowest BCUT2D eigenvalue weighted by Crippen LogP contribution is -2.65. The van der Waals surface area contributed by atoms with E-state index in [0.29, 0.717) is 18.5 Å². The third-order valence-corrected chi connectivity index (χ3v) is 6.54. The van der Waals surface area contributed by atoms with Gasteiger partial charge in [0.25, 0.3) is 5.91 Å². The summed E-state index contributed by atoms with van der Waals surface area (Å²) < 4.78 is 0. The molecule has 32 heavy (non-hydrogen) atoms. The number of benzene rings is 2. The van der Waals surface area contributed by atoms with Gasteiger partial charge in [0.05, 0.1) is 0 Å². The molecule has 0 aromatic heterocycles. The van der Waals surface area contributed by atoms with Gasteiger partial charge in [-0.2, -0.15) is 0 Å². The van der Waals surface area contributed by atoms with E-state index in [2.05, 4.69) is 36.6 Å². The Kier molecular flexibility index (Phi) is 6.31. The molecule has 1 heterocycles. The lowest BCUT2D eigenvalue weighted by atomic mass is 9.89. The topological polar surface area (TPSA) is 78.5 Å². The first kappa shape index (κ1) is 22.1. The Morgan fingerprint density at radius 3 is 2.41 bits per heavy atom. The van der Waals surface area contributed by atoms with E-state index in [-0.39, 0.29) is 29.6 Å². The highest BCUT2D eigenvalue weighted by Gasteiger charge is 2.45. The lowest BCUT2D eigenvalue weighted by Gasteiger charge is -2.41. The van der Waals surface area contributed by atoms with Crippen molar-refractivity contribution >= 4 is 17.7 Å². The molecule has 1 saturated heterocycles. The van der Waals surface area contributed by atoms with E-state index < -0.39 is 12.1 Å². The summed E-state index contributed by atoms with van der Waals surface area (Å²) in [6.07, 6.45) is 2.19. The van der Waals surface area contributed by atoms with Gasteiger partial charge in [0.15, 0.2) is 0 Å². The minimum atomic E-state index is -0.527. The highest BCUT2D eigenvalue weighted by Crippen LogP contribution is 2.32. The second-order valence-corrected chi connectivity index (χ2v) is 9.31. The van der Waals surface area contributed by atoms with E-state index in [0.717, 1.165) is 18.4 Å². The van der Waals surface area contributed by atoms with Crippen LogP contribution >= 0.6 is 0 Å².